The Balaban J connectivity index is -0.0000000457. The maximum atomic E-state index is 8.52. The van der Waals surface area contributed by atoms with Crippen LogP contribution < -0.4 is 24.8 Å². The van der Waals surface area contributed by atoms with Crippen LogP contribution in [0.5, 0.6) is 0 Å². The van der Waals surface area contributed by atoms with Crippen LogP contribution in [-0.4, -0.2) is 40.6 Å². The average molecular weight is 238 g/mol. The Morgan fingerprint density at radius 2 is 0.917 bits per heavy atom. The maximum absolute atomic E-state index is 8.52. The molecule has 0 rings (SSSR count). The van der Waals surface area contributed by atoms with Crippen LogP contribution >= 0.6 is 0 Å². The van der Waals surface area contributed by atoms with Gasteiger partial charge in [-0.05, 0) is 0 Å². The van der Waals surface area contributed by atoms with Crippen molar-refractivity contribution in [2.75, 3.05) is 0 Å². The summed E-state index contributed by atoms with van der Waals surface area (Å²) in [5.41, 5.74) is 0. The van der Waals surface area contributed by atoms with Gasteiger partial charge in [0.15, 0.2) is 0 Å². The van der Waals surface area contributed by atoms with E-state index in [1.165, 1.54) is 0 Å². The molecule has 0 amide bonds. The Hall–Kier alpha value is 0.726. The first-order chi connectivity index (χ1) is 4.00. The van der Waals surface area contributed by atoms with Gasteiger partial charge in [-0.15, -0.1) is 10.2 Å². The van der Waals surface area contributed by atoms with Gasteiger partial charge in [0.1, 0.15) is 0 Å². The number of halogens is 1. The van der Waals surface area contributed by atoms with Crippen molar-refractivity contribution >= 4 is 33.5 Å². The van der Waals surface area contributed by atoms with Crippen LogP contribution in [0.2, 0.25) is 0 Å². The minimum atomic E-state index is -5.17. The van der Waals surface area contributed by atoms with Crippen molar-refractivity contribution in [1.29, 1.82) is 0 Å². The van der Waals surface area contributed by atoms with Crippen molar-refractivity contribution in [2.45, 2.75) is 0 Å². The largest absolute Gasteiger partial charge is 2.00 e. The molecule has 0 saturated carbocycles. The van der Waals surface area contributed by atoms with Gasteiger partial charge in [-0.1, -0.05) is 0 Å². The van der Waals surface area contributed by atoms with Crippen LogP contribution in [0.1, 0.15) is 0 Å². The van der Waals surface area contributed by atoms with E-state index in [1.54, 1.807) is 0 Å². The van der Waals surface area contributed by atoms with E-state index in [-0.39, 0.29) is 29.2 Å². The third-order valence-corrected chi connectivity index (χ3v) is 0. The summed E-state index contributed by atoms with van der Waals surface area (Å²) in [4.78, 5) is 0. The van der Waals surface area contributed by atoms with Gasteiger partial charge in [-0.25, -0.2) is 18.6 Å². The fourth-order valence-electron chi connectivity index (χ4n) is 0. The summed E-state index contributed by atoms with van der Waals surface area (Å²) >= 11 is 0. The van der Waals surface area contributed by atoms with Crippen LogP contribution in [0.15, 0.2) is 0 Å². The fourth-order valence-corrected chi connectivity index (χ4v) is 0. The Kier molecular flexibility index (Phi) is 16.0. The molecule has 4 N–H and O–H groups in total. The summed E-state index contributed by atoms with van der Waals surface area (Å²) < 4.78 is 68.1. The zero-order valence-electron chi connectivity index (χ0n) is 5.76. The summed E-state index contributed by atoms with van der Waals surface area (Å²) in [6.07, 6.45) is 0. The van der Waals surface area contributed by atoms with E-state index >= 15 is 0 Å². The SMILES string of the molecule is O=S(=O)([O-])[O-].[Mg+2].[NH4+].[O-][Cl+3]([O-])([O-])[O-]. The van der Waals surface area contributed by atoms with Crippen molar-refractivity contribution < 1.29 is 46.4 Å². The Morgan fingerprint density at radius 1 is 0.917 bits per heavy atom. The second-order valence-electron chi connectivity index (χ2n) is 0.786. The quantitative estimate of drug-likeness (QED) is 0.243. The van der Waals surface area contributed by atoms with E-state index < -0.39 is 20.6 Å². The molecule has 9 nitrogen and oxygen atoms in total. The summed E-state index contributed by atoms with van der Waals surface area (Å²) in [6, 6.07) is 0. The molecule has 12 heteroatoms. The van der Waals surface area contributed by atoms with Crippen molar-refractivity contribution in [3.8, 4) is 0 Å². The monoisotopic (exact) mass is 237 g/mol. The second-order valence-corrected chi connectivity index (χ2v) is 2.36. The molecule has 0 aromatic carbocycles. The van der Waals surface area contributed by atoms with Gasteiger partial charge in [-0.3, -0.25) is 8.42 Å². The van der Waals surface area contributed by atoms with Crippen molar-refractivity contribution in [1.82, 2.24) is 6.15 Å². The van der Waals surface area contributed by atoms with Gasteiger partial charge in [0, 0.05) is 10.4 Å². The molecule has 0 aliphatic heterocycles. The standard InChI is InChI=1S/ClHO4.Mg.H3N.H2O4S/c2-1(3,4)5;;;1-5(2,3)4/h(H,2,3,4,5);;1H3;(H2,1,2,3,4)/q;+2;;/p-2. The number of hydrogen-bond acceptors (Lipinski definition) is 8. The van der Waals surface area contributed by atoms with Crippen LogP contribution in [0, 0.1) is 10.2 Å². The van der Waals surface area contributed by atoms with Crippen LogP contribution in [-0.2, 0) is 10.4 Å². The molecular formula is H4ClMgNO8S. The minimum Gasteiger partial charge on any atom is -0.759 e. The summed E-state index contributed by atoms with van der Waals surface area (Å²) in [6.45, 7) is 0. The molecule has 0 aliphatic rings. The molecule has 0 heterocycles. The molecule has 0 spiro atoms. The molecule has 0 aromatic rings. The first-order valence-electron chi connectivity index (χ1n) is 1.28. The van der Waals surface area contributed by atoms with Gasteiger partial charge >= 0.3 is 23.1 Å². The smallest absolute Gasteiger partial charge is 0.759 e. The topological polar surface area (TPSA) is 209 Å². The zero-order chi connectivity index (χ0) is 9.00. The Bertz CT molecular complexity index is 154. The van der Waals surface area contributed by atoms with Crippen LogP contribution in [0.4, 0.5) is 0 Å². The zero-order valence-corrected chi connectivity index (χ0v) is 8.75. The van der Waals surface area contributed by atoms with Crippen molar-refractivity contribution in [2.24, 2.45) is 0 Å². The normalized spacial score (nSPS) is 9.83. The molecule has 0 aliphatic carbocycles. The molecule has 0 atom stereocenters. The van der Waals surface area contributed by atoms with Crippen LogP contribution in [0.25, 0.3) is 0 Å². The molecule has 0 fully saturated rings. The first-order valence-corrected chi connectivity index (χ1v) is 3.85. The molecule has 0 unspecified atom stereocenters. The molecule has 0 radical (unpaired) electrons. The summed E-state index contributed by atoms with van der Waals surface area (Å²) in [7, 11) is -10.1. The number of quaternary nitrogens is 1. The predicted octanol–water partition coefficient (Wildman–Crippen LogP) is -6.10. The summed E-state index contributed by atoms with van der Waals surface area (Å²) in [5.74, 6) is 0. The van der Waals surface area contributed by atoms with E-state index in [9.17, 15) is 0 Å². The number of hydrogen-bond donors (Lipinski definition) is 1. The third-order valence-electron chi connectivity index (χ3n) is 0. The van der Waals surface area contributed by atoms with Crippen molar-refractivity contribution in [3.63, 3.8) is 0 Å². The van der Waals surface area contributed by atoms with Gasteiger partial charge in [0.2, 0.25) is 0 Å². The Labute approximate surface area is 86.1 Å². The van der Waals surface area contributed by atoms with Gasteiger partial charge < -0.3 is 15.3 Å². The average Bonchev–Trinajstić information content (AvgIpc) is 1.12. The fraction of sp³-hybridized carbons (Fsp3) is 0. The molecular weight excluding hydrogens is 234 g/mol. The molecule has 72 valence electrons. The minimum absolute atomic E-state index is 0. The van der Waals surface area contributed by atoms with Gasteiger partial charge in [-0.2, -0.15) is 0 Å². The molecule has 0 bridgehead atoms. The Morgan fingerprint density at radius 3 is 0.917 bits per heavy atom. The molecule has 0 saturated heterocycles. The van der Waals surface area contributed by atoms with Crippen molar-refractivity contribution in [3.05, 3.63) is 0 Å². The van der Waals surface area contributed by atoms with E-state index in [0.717, 1.165) is 0 Å². The van der Waals surface area contributed by atoms with Crippen LogP contribution in [0.3, 0.4) is 0 Å². The predicted molar refractivity (Wildman–Crippen MR) is 22.2 cm³/mol. The first kappa shape index (κ1) is 23.0. The van der Waals surface area contributed by atoms with E-state index in [1.807, 2.05) is 0 Å². The van der Waals surface area contributed by atoms with Gasteiger partial charge in [0.25, 0.3) is 0 Å². The van der Waals surface area contributed by atoms with E-state index in [4.69, 9.17) is 36.2 Å². The summed E-state index contributed by atoms with van der Waals surface area (Å²) in [5, 5.41) is 0. The molecule has 12 heavy (non-hydrogen) atoms. The second kappa shape index (κ2) is 8.33. The van der Waals surface area contributed by atoms with Gasteiger partial charge in [0.05, 0.1) is 0 Å². The maximum Gasteiger partial charge on any atom is 2.00 e. The number of rotatable bonds is 0. The van der Waals surface area contributed by atoms with E-state index in [2.05, 4.69) is 0 Å². The third kappa shape index (κ3) is 1920. The van der Waals surface area contributed by atoms with E-state index in [0.29, 0.717) is 0 Å². The molecule has 0 aromatic heterocycles.